The molecule has 6 heteroatoms. The second-order valence-electron chi connectivity index (χ2n) is 5.85. The molecule has 1 unspecified atom stereocenters. The van der Waals surface area contributed by atoms with Crippen LogP contribution in [0, 0.1) is 6.92 Å². The fraction of sp³-hybridized carbons (Fsp3) is 0.353. The summed E-state index contributed by atoms with van der Waals surface area (Å²) in [6.07, 6.45) is 4.36. The third kappa shape index (κ3) is 3.42. The van der Waals surface area contributed by atoms with E-state index in [1.54, 1.807) is 28.7 Å². The topological polar surface area (TPSA) is 50.3 Å². The fourth-order valence-corrected chi connectivity index (χ4v) is 4.75. The molecule has 0 N–H and O–H groups in total. The quantitative estimate of drug-likeness (QED) is 0.787. The lowest BCUT2D eigenvalue weighted by Gasteiger charge is -2.34. The number of piperidine rings is 1. The average molecular weight is 351 g/mol. The number of hydrogen-bond donors (Lipinski definition) is 0. The Kier molecular flexibility index (Phi) is 4.71. The largest absolute Gasteiger partial charge is 0.244 e. The smallest absolute Gasteiger partial charge is 0.243 e. The van der Waals surface area contributed by atoms with E-state index in [0.29, 0.717) is 16.6 Å². The van der Waals surface area contributed by atoms with Crippen LogP contribution < -0.4 is 0 Å². The minimum Gasteiger partial charge on any atom is -0.244 e. The van der Waals surface area contributed by atoms with Crippen LogP contribution >= 0.6 is 11.6 Å². The Morgan fingerprint density at radius 1 is 1.13 bits per heavy atom. The fourth-order valence-electron chi connectivity index (χ4n) is 2.96. The van der Waals surface area contributed by atoms with E-state index in [-0.39, 0.29) is 6.04 Å². The molecule has 0 spiro atoms. The van der Waals surface area contributed by atoms with Gasteiger partial charge >= 0.3 is 0 Å². The summed E-state index contributed by atoms with van der Waals surface area (Å²) in [6, 6.07) is 10.4. The molecule has 3 rings (SSSR count). The van der Waals surface area contributed by atoms with Gasteiger partial charge in [0.15, 0.2) is 0 Å². The van der Waals surface area contributed by atoms with Crippen molar-refractivity contribution in [2.45, 2.75) is 37.1 Å². The molecular formula is C17H19ClN2O2S. The van der Waals surface area contributed by atoms with Crippen molar-refractivity contribution in [2.24, 2.45) is 0 Å². The van der Waals surface area contributed by atoms with Crippen LogP contribution in [0.4, 0.5) is 0 Å². The van der Waals surface area contributed by atoms with E-state index < -0.39 is 10.0 Å². The molecule has 2 heterocycles. The Hall–Kier alpha value is -1.43. The Balaban J connectivity index is 1.97. The van der Waals surface area contributed by atoms with Crippen LogP contribution in [0.15, 0.2) is 47.5 Å². The van der Waals surface area contributed by atoms with E-state index in [1.807, 2.05) is 25.1 Å². The molecule has 1 atom stereocenters. The zero-order valence-corrected chi connectivity index (χ0v) is 14.5. The first-order chi connectivity index (χ1) is 11.0. The standard InChI is InChI=1S/C17H19ClN2O2S/c1-13-5-8-15(9-6-13)23(21,22)20-11-3-2-4-16(20)14-7-10-17(18)19-12-14/h5-10,12,16H,2-4,11H2,1H3. The Morgan fingerprint density at radius 3 is 2.52 bits per heavy atom. The monoisotopic (exact) mass is 350 g/mol. The number of halogens is 1. The Bertz CT molecular complexity index is 773. The summed E-state index contributed by atoms with van der Waals surface area (Å²) in [6.45, 7) is 2.48. The highest BCUT2D eigenvalue weighted by atomic mass is 35.5. The number of aryl methyl sites for hydroxylation is 1. The molecule has 0 radical (unpaired) electrons. The zero-order chi connectivity index (χ0) is 16.4. The molecule has 23 heavy (non-hydrogen) atoms. The minimum atomic E-state index is -3.51. The number of benzene rings is 1. The van der Waals surface area contributed by atoms with Gasteiger partial charge in [0.2, 0.25) is 10.0 Å². The minimum absolute atomic E-state index is 0.181. The third-order valence-electron chi connectivity index (χ3n) is 4.22. The van der Waals surface area contributed by atoms with Crippen LogP contribution in [0.25, 0.3) is 0 Å². The number of sulfonamides is 1. The molecule has 1 fully saturated rings. The highest BCUT2D eigenvalue weighted by Crippen LogP contribution is 2.35. The Morgan fingerprint density at radius 2 is 1.87 bits per heavy atom. The zero-order valence-electron chi connectivity index (χ0n) is 12.9. The van der Waals surface area contributed by atoms with Gasteiger partial charge in [-0.1, -0.05) is 41.8 Å². The van der Waals surface area contributed by atoms with Crippen molar-refractivity contribution in [3.05, 3.63) is 58.9 Å². The van der Waals surface area contributed by atoms with E-state index in [4.69, 9.17) is 11.6 Å². The molecule has 0 saturated carbocycles. The normalized spacial score (nSPS) is 19.7. The van der Waals surface area contributed by atoms with Gasteiger partial charge in [0.1, 0.15) is 5.15 Å². The van der Waals surface area contributed by atoms with Gasteiger partial charge < -0.3 is 0 Å². The lowest BCUT2D eigenvalue weighted by molar-refractivity contribution is 0.255. The van der Waals surface area contributed by atoms with Crippen molar-refractivity contribution >= 4 is 21.6 Å². The van der Waals surface area contributed by atoms with Gasteiger partial charge in [0.05, 0.1) is 10.9 Å². The number of aromatic nitrogens is 1. The number of hydrogen-bond acceptors (Lipinski definition) is 3. The van der Waals surface area contributed by atoms with Crippen molar-refractivity contribution < 1.29 is 8.42 Å². The molecular weight excluding hydrogens is 332 g/mol. The van der Waals surface area contributed by atoms with Crippen molar-refractivity contribution in [3.63, 3.8) is 0 Å². The van der Waals surface area contributed by atoms with Gasteiger partial charge in [0, 0.05) is 12.7 Å². The van der Waals surface area contributed by atoms with Crippen LogP contribution in [-0.2, 0) is 10.0 Å². The number of rotatable bonds is 3. The lowest BCUT2D eigenvalue weighted by Crippen LogP contribution is -2.38. The summed E-state index contributed by atoms with van der Waals surface area (Å²) in [5.74, 6) is 0. The van der Waals surface area contributed by atoms with Gasteiger partial charge in [-0.3, -0.25) is 0 Å². The lowest BCUT2D eigenvalue weighted by atomic mass is 9.99. The molecule has 2 aromatic rings. The predicted molar refractivity (Wildman–Crippen MR) is 90.9 cm³/mol. The van der Waals surface area contributed by atoms with E-state index in [1.165, 1.54) is 0 Å². The van der Waals surface area contributed by atoms with Gasteiger partial charge in [-0.05, 0) is 43.5 Å². The van der Waals surface area contributed by atoms with Crippen molar-refractivity contribution in [1.82, 2.24) is 9.29 Å². The van der Waals surface area contributed by atoms with Gasteiger partial charge in [-0.2, -0.15) is 4.31 Å². The molecule has 1 aromatic heterocycles. The maximum atomic E-state index is 13.0. The molecule has 4 nitrogen and oxygen atoms in total. The van der Waals surface area contributed by atoms with E-state index in [9.17, 15) is 8.42 Å². The second kappa shape index (κ2) is 6.59. The molecule has 1 aliphatic rings. The summed E-state index contributed by atoms with van der Waals surface area (Å²) in [5, 5.41) is 0.414. The summed E-state index contributed by atoms with van der Waals surface area (Å²) in [5.41, 5.74) is 1.94. The first-order valence-electron chi connectivity index (χ1n) is 7.68. The van der Waals surface area contributed by atoms with Crippen molar-refractivity contribution in [3.8, 4) is 0 Å². The van der Waals surface area contributed by atoms with Gasteiger partial charge in [-0.15, -0.1) is 0 Å². The van der Waals surface area contributed by atoms with Crippen molar-refractivity contribution in [1.29, 1.82) is 0 Å². The highest BCUT2D eigenvalue weighted by molar-refractivity contribution is 7.89. The van der Waals surface area contributed by atoms with Crippen molar-refractivity contribution in [2.75, 3.05) is 6.54 Å². The first-order valence-corrected chi connectivity index (χ1v) is 9.50. The van der Waals surface area contributed by atoms with Crippen LogP contribution in [0.3, 0.4) is 0 Å². The molecule has 1 saturated heterocycles. The van der Waals surface area contributed by atoms with Gasteiger partial charge in [-0.25, -0.2) is 13.4 Å². The molecule has 0 aliphatic carbocycles. The highest BCUT2D eigenvalue weighted by Gasteiger charge is 2.34. The van der Waals surface area contributed by atoms with Crippen LogP contribution in [-0.4, -0.2) is 24.3 Å². The first kappa shape index (κ1) is 16.4. The summed E-state index contributed by atoms with van der Waals surface area (Å²) in [7, 11) is -3.51. The third-order valence-corrected chi connectivity index (χ3v) is 6.36. The van der Waals surface area contributed by atoms with Gasteiger partial charge in [0.25, 0.3) is 0 Å². The van der Waals surface area contributed by atoms with Crippen LogP contribution in [0.5, 0.6) is 0 Å². The predicted octanol–water partition coefficient (Wildman–Crippen LogP) is 3.96. The number of nitrogens with zero attached hydrogens (tertiary/aromatic N) is 2. The number of pyridine rings is 1. The van der Waals surface area contributed by atoms with E-state index in [0.717, 1.165) is 30.4 Å². The molecule has 1 aliphatic heterocycles. The Labute approximate surface area is 142 Å². The molecule has 0 amide bonds. The van der Waals surface area contributed by atoms with E-state index in [2.05, 4.69) is 4.98 Å². The van der Waals surface area contributed by atoms with Crippen LogP contribution in [0.1, 0.15) is 36.4 Å². The maximum absolute atomic E-state index is 13.0. The molecule has 0 bridgehead atoms. The SMILES string of the molecule is Cc1ccc(S(=O)(=O)N2CCCCC2c2ccc(Cl)nc2)cc1. The maximum Gasteiger partial charge on any atom is 0.243 e. The van der Waals surface area contributed by atoms with E-state index >= 15 is 0 Å². The summed E-state index contributed by atoms with van der Waals surface area (Å²) in [4.78, 5) is 4.44. The average Bonchev–Trinajstić information content (AvgIpc) is 2.56. The second-order valence-corrected chi connectivity index (χ2v) is 8.13. The summed E-state index contributed by atoms with van der Waals surface area (Å²) < 4.78 is 27.7. The molecule has 1 aromatic carbocycles. The van der Waals surface area contributed by atoms with Crippen LogP contribution in [0.2, 0.25) is 5.15 Å². The molecule has 122 valence electrons. The summed E-state index contributed by atoms with van der Waals surface area (Å²) >= 11 is 5.84.